The fraction of sp³-hybridized carbons (Fsp3) is 0.400. The van der Waals surface area contributed by atoms with Gasteiger partial charge in [-0.05, 0) is 30.2 Å². The highest BCUT2D eigenvalue weighted by atomic mass is 19.1. The van der Waals surface area contributed by atoms with Crippen molar-refractivity contribution in [1.82, 2.24) is 9.88 Å². The lowest BCUT2D eigenvalue weighted by Crippen LogP contribution is -2.35. The maximum atomic E-state index is 13.3. The Bertz CT molecular complexity index is 612. The van der Waals surface area contributed by atoms with Crippen LogP contribution >= 0.6 is 0 Å². The van der Waals surface area contributed by atoms with E-state index in [2.05, 4.69) is 4.98 Å². The Balaban J connectivity index is 2.13. The van der Waals surface area contributed by atoms with Gasteiger partial charge >= 0.3 is 0 Å². The van der Waals surface area contributed by atoms with Gasteiger partial charge in [0, 0.05) is 36.8 Å². The normalized spacial score (nSPS) is 11.0. The van der Waals surface area contributed by atoms with Crippen LogP contribution in [0.3, 0.4) is 0 Å². The molecule has 1 aromatic heterocycles. The molecule has 3 N–H and O–H groups in total. The van der Waals surface area contributed by atoms with E-state index in [0.29, 0.717) is 18.4 Å². The number of carbonyl (C=O) groups excluding carboxylic acids is 1. The highest BCUT2D eigenvalue weighted by Gasteiger charge is 2.15. The van der Waals surface area contributed by atoms with Crippen molar-refractivity contribution in [2.45, 2.75) is 12.8 Å². The smallest absolute Gasteiger partial charge is 0.227 e. The number of aromatic nitrogens is 1. The summed E-state index contributed by atoms with van der Waals surface area (Å²) in [6, 6.07) is 4.40. The second-order valence-corrected chi connectivity index (χ2v) is 4.86. The summed E-state index contributed by atoms with van der Waals surface area (Å²) in [5.74, 6) is -0.494. The van der Waals surface area contributed by atoms with Crippen molar-refractivity contribution in [2.75, 3.05) is 26.3 Å². The molecule has 0 bridgehead atoms. The first-order valence-corrected chi connectivity index (χ1v) is 6.90. The minimum absolute atomic E-state index is 0.00644. The molecule has 0 saturated heterocycles. The van der Waals surface area contributed by atoms with Crippen LogP contribution in [-0.2, 0) is 11.2 Å². The minimum atomic E-state index is -0.344. The molecule has 0 atom stereocenters. The molecule has 2 rings (SSSR count). The number of aromatic amines is 1. The fourth-order valence-electron chi connectivity index (χ4n) is 2.32. The number of H-pyrrole nitrogens is 1. The van der Waals surface area contributed by atoms with E-state index in [-0.39, 0.29) is 37.9 Å². The summed E-state index contributed by atoms with van der Waals surface area (Å²) in [6.45, 7) is 0.495. The molecule has 114 valence electrons. The van der Waals surface area contributed by atoms with Crippen LogP contribution < -0.4 is 0 Å². The van der Waals surface area contributed by atoms with Crippen molar-refractivity contribution in [3.8, 4) is 0 Å². The molecule has 0 saturated carbocycles. The van der Waals surface area contributed by atoms with Crippen molar-refractivity contribution in [1.29, 1.82) is 0 Å². The number of aliphatic hydroxyl groups excluding tert-OH is 2. The number of hydrogen-bond acceptors (Lipinski definition) is 3. The van der Waals surface area contributed by atoms with Gasteiger partial charge in [0.25, 0.3) is 0 Å². The van der Waals surface area contributed by atoms with Crippen LogP contribution in [0, 0.1) is 5.82 Å². The number of nitrogens with zero attached hydrogens (tertiary/aromatic N) is 1. The van der Waals surface area contributed by atoms with Gasteiger partial charge < -0.3 is 20.1 Å². The lowest BCUT2D eigenvalue weighted by Gasteiger charge is -2.21. The third kappa shape index (κ3) is 3.80. The minimum Gasteiger partial charge on any atom is -0.396 e. The van der Waals surface area contributed by atoms with E-state index in [0.717, 1.165) is 11.1 Å². The molecule has 6 heteroatoms. The van der Waals surface area contributed by atoms with Gasteiger partial charge in [0.1, 0.15) is 5.82 Å². The van der Waals surface area contributed by atoms with Crippen LogP contribution in [0.15, 0.2) is 24.4 Å². The Labute approximate surface area is 122 Å². The maximum Gasteiger partial charge on any atom is 0.227 e. The largest absolute Gasteiger partial charge is 0.396 e. The fourth-order valence-corrected chi connectivity index (χ4v) is 2.32. The number of nitrogens with one attached hydrogen (secondary N) is 1. The van der Waals surface area contributed by atoms with Crippen LogP contribution in [0.1, 0.15) is 12.0 Å². The van der Waals surface area contributed by atoms with Crippen LogP contribution in [0.4, 0.5) is 4.39 Å². The Morgan fingerprint density at radius 3 is 2.76 bits per heavy atom. The molecule has 0 radical (unpaired) electrons. The molecular formula is C15H19FN2O3. The van der Waals surface area contributed by atoms with Crippen molar-refractivity contribution >= 4 is 16.8 Å². The van der Waals surface area contributed by atoms with Crippen molar-refractivity contribution in [3.05, 3.63) is 35.8 Å². The molecule has 0 unspecified atom stereocenters. The van der Waals surface area contributed by atoms with Crippen molar-refractivity contribution < 1.29 is 19.4 Å². The van der Waals surface area contributed by atoms with Crippen LogP contribution in [0.5, 0.6) is 0 Å². The number of benzene rings is 1. The summed E-state index contributed by atoms with van der Waals surface area (Å²) in [7, 11) is 0. The van der Waals surface area contributed by atoms with Crippen LogP contribution in [-0.4, -0.2) is 52.3 Å². The summed E-state index contributed by atoms with van der Waals surface area (Å²) in [4.78, 5) is 16.8. The molecule has 1 heterocycles. The summed E-state index contributed by atoms with van der Waals surface area (Å²) >= 11 is 0. The van der Waals surface area contributed by atoms with Gasteiger partial charge in [0.15, 0.2) is 0 Å². The van der Waals surface area contributed by atoms with Gasteiger partial charge in [-0.2, -0.15) is 0 Å². The first-order valence-electron chi connectivity index (χ1n) is 6.90. The van der Waals surface area contributed by atoms with Gasteiger partial charge in [-0.1, -0.05) is 0 Å². The van der Waals surface area contributed by atoms with E-state index >= 15 is 0 Å². The average molecular weight is 294 g/mol. The zero-order chi connectivity index (χ0) is 15.2. The lowest BCUT2D eigenvalue weighted by molar-refractivity contribution is -0.131. The number of aliphatic hydroxyl groups is 2. The van der Waals surface area contributed by atoms with Gasteiger partial charge in [0.05, 0.1) is 13.0 Å². The first kappa shape index (κ1) is 15.5. The summed E-state index contributed by atoms with van der Waals surface area (Å²) < 4.78 is 13.3. The second-order valence-electron chi connectivity index (χ2n) is 4.86. The van der Waals surface area contributed by atoms with E-state index in [9.17, 15) is 9.18 Å². The molecule has 0 aliphatic carbocycles. The lowest BCUT2D eigenvalue weighted by atomic mass is 10.1. The third-order valence-electron chi connectivity index (χ3n) is 3.38. The quantitative estimate of drug-likeness (QED) is 0.714. The predicted molar refractivity (Wildman–Crippen MR) is 77.3 cm³/mol. The highest BCUT2D eigenvalue weighted by Crippen LogP contribution is 2.20. The Morgan fingerprint density at radius 1 is 1.24 bits per heavy atom. The molecule has 0 spiro atoms. The topological polar surface area (TPSA) is 76.6 Å². The van der Waals surface area contributed by atoms with E-state index < -0.39 is 0 Å². The zero-order valence-electron chi connectivity index (χ0n) is 11.7. The Hall–Kier alpha value is -1.92. The SMILES string of the molecule is O=C(Cc1c[nH]c2ccc(F)cc12)N(CCO)CCCO. The van der Waals surface area contributed by atoms with Gasteiger partial charge in [0.2, 0.25) is 5.91 Å². The molecule has 2 aromatic rings. The first-order chi connectivity index (χ1) is 10.2. The summed E-state index contributed by atoms with van der Waals surface area (Å²) in [5.41, 5.74) is 1.50. The number of rotatable bonds is 7. The van der Waals surface area contributed by atoms with Crippen LogP contribution in [0.2, 0.25) is 0 Å². The van der Waals surface area contributed by atoms with Crippen LogP contribution in [0.25, 0.3) is 10.9 Å². The molecule has 21 heavy (non-hydrogen) atoms. The van der Waals surface area contributed by atoms with E-state index in [4.69, 9.17) is 10.2 Å². The number of hydrogen-bond donors (Lipinski definition) is 3. The molecule has 0 fully saturated rings. The molecule has 1 aromatic carbocycles. The second kappa shape index (κ2) is 7.19. The van der Waals surface area contributed by atoms with Crippen molar-refractivity contribution in [3.63, 3.8) is 0 Å². The third-order valence-corrected chi connectivity index (χ3v) is 3.38. The maximum absolute atomic E-state index is 13.3. The predicted octanol–water partition coefficient (Wildman–Crippen LogP) is 1.05. The molecule has 5 nitrogen and oxygen atoms in total. The van der Waals surface area contributed by atoms with E-state index in [1.807, 2.05) is 0 Å². The average Bonchev–Trinajstić information content (AvgIpc) is 2.85. The Morgan fingerprint density at radius 2 is 2.05 bits per heavy atom. The molecule has 1 amide bonds. The summed E-state index contributed by atoms with van der Waals surface area (Å²) in [6.07, 6.45) is 2.30. The molecule has 0 aliphatic rings. The summed E-state index contributed by atoms with van der Waals surface area (Å²) in [5, 5.41) is 18.5. The van der Waals surface area contributed by atoms with E-state index in [1.54, 1.807) is 12.3 Å². The van der Waals surface area contributed by atoms with Gasteiger partial charge in [-0.25, -0.2) is 4.39 Å². The highest BCUT2D eigenvalue weighted by molar-refractivity contribution is 5.89. The molecule has 0 aliphatic heterocycles. The zero-order valence-corrected chi connectivity index (χ0v) is 11.7. The number of amides is 1. The number of fused-ring (bicyclic) bond motifs is 1. The number of carbonyl (C=O) groups is 1. The van der Waals surface area contributed by atoms with E-state index in [1.165, 1.54) is 17.0 Å². The number of halogens is 1. The molecular weight excluding hydrogens is 275 g/mol. The van der Waals surface area contributed by atoms with Crippen molar-refractivity contribution in [2.24, 2.45) is 0 Å². The Kier molecular flexibility index (Phi) is 5.30. The monoisotopic (exact) mass is 294 g/mol. The van der Waals surface area contributed by atoms with Gasteiger partial charge in [-0.15, -0.1) is 0 Å². The standard InChI is InChI=1S/C15H19FN2O3/c16-12-2-3-14-13(9-12)11(10-17-14)8-15(21)18(5-7-20)4-1-6-19/h2-3,9-10,17,19-20H,1,4-8H2. The van der Waals surface area contributed by atoms with Gasteiger partial charge in [-0.3, -0.25) is 4.79 Å².